The van der Waals surface area contributed by atoms with E-state index in [0.29, 0.717) is 17.0 Å². The van der Waals surface area contributed by atoms with Gasteiger partial charge in [0.1, 0.15) is 5.76 Å². The fourth-order valence-electron chi connectivity index (χ4n) is 1.44. The summed E-state index contributed by atoms with van der Waals surface area (Å²) in [4.78, 5) is 11.4. The van der Waals surface area contributed by atoms with Gasteiger partial charge in [-0.1, -0.05) is 12.8 Å². The van der Waals surface area contributed by atoms with Crippen molar-refractivity contribution in [3.8, 4) is 0 Å². The molecule has 0 aliphatic rings. The van der Waals surface area contributed by atoms with Crippen LogP contribution in [-0.2, 0) is 4.79 Å². The number of halogens is 1. The molecule has 0 unspecified atom stereocenters. The van der Waals surface area contributed by atoms with E-state index in [1.807, 2.05) is 0 Å². The molecule has 4 nitrogen and oxygen atoms in total. The molecule has 1 aromatic heterocycles. The maximum atomic E-state index is 11.4. The van der Waals surface area contributed by atoms with Gasteiger partial charge in [0.05, 0.1) is 0 Å². The smallest absolute Gasteiger partial charge is 0.244 e. The highest BCUT2D eigenvalue weighted by atomic mass is 79.9. The van der Waals surface area contributed by atoms with Gasteiger partial charge in [-0.25, -0.2) is 0 Å². The predicted octanol–water partition coefficient (Wildman–Crippen LogP) is 2.72. The minimum Gasteiger partial charge on any atom is -0.450 e. The van der Waals surface area contributed by atoms with E-state index in [1.165, 1.54) is 6.08 Å². The third-order valence-corrected chi connectivity index (χ3v) is 2.80. The van der Waals surface area contributed by atoms with Crippen molar-refractivity contribution in [2.75, 3.05) is 13.2 Å². The van der Waals surface area contributed by atoms with Crippen LogP contribution in [0.25, 0.3) is 6.08 Å². The van der Waals surface area contributed by atoms with E-state index < -0.39 is 0 Å². The number of nitrogens with one attached hydrogen (secondary N) is 1. The molecule has 18 heavy (non-hydrogen) atoms. The van der Waals surface area contributed by atoms with Gasteiger partial charge in [-0.2, -0.15) is 0 Å². The van der Waals surface area contributed by atoms with Crippen molar-refractivity contribution in [2.45, 2.75) is 25.7 Å². The molecule has 1 rings (SSSR count). The van der Waals surface area contributed by atoms with Gasteiger partial charge >= 0.3 is 0 Å². The van der Waals surface area contributed by atoms with Crippen molar-refractivity contribution in [1.82, 2.24) is 5.32 Å². The molecular weight excluding hydrogens is 298 g/mol. The van der Waals surface area contributed by atoms with Gasteiger partial charge in [0.2, 0.25) is 5.91 Å². The Balaban J connectivity index is 2.12. The zero-order chi connectivity index (χ0) is 13.2. The van der Waals surface area contributed by atoms with E-state index in [4.69, 9.17) is 9.52 Å². The fraction of sp³-hybridized carbons (Fsp3) is 0.462. The number of amides is 1. The first-order valence-electron chi connectivity index (χ1n) is 6.04. The van der Waals surface area contributed by atoms with Crippen LogP contribution < -0.4 is 5.32 Å². The number of carbonyl (C=O) groups excluding carboxylic acids is 1. The lowest BCUT2D eigenvalue weighted by molar-refractivity contribution is -0.116. The third-order valence-electron chi connectivity index (χ3n) is 2.38. The van der Waals surface area contributed by atoms with Gasteiger partial charge in [-0.15, -0.1) is 0 Å². The van der Waals surface area contributed by atoms with E-state index in [1.54, 1.807) is 18.2 Å². The summed E-state index contributed by atoms with van der Waals surface area (Å²) < 4.78 is 5.87. The van der Waals surface area contributed by atoms with Crippen LogP contribution in [0.5, 0.6) is 0 Å². The number of hydrogen-bond donors (Lipinski definition) is 2. The largest absolute Gasteiger partial charge is 0.450 e. The summed E-state index contributed by atoms with van der Waals surface area (Å²) in [5, 5.41) is 11.4. The average Bonchev–Trinajstić information content (AvgIpc) is 2.77. The van der Waals surface area contributed by atoms with E-state index in [9.17, 15) is 4.79 Å². The quantitative estimate of drug-likeness (QED) is 0.572. The molecule has 1 amide bonds. The predicted molar refractivity (Wildman–Crippen MR) is 74.0 cm³/mol. The number of carbonyl (C=O) groups is 1. The second kappa shape index (κ2) is 8.94. The molecule has 0 aliphatic heterocycles. The van der Waals surface area contributed by atoms with E-state index in [0.717, 1.165) is 25.7 Å². The third kappa shape index (κ3) is 6.61. The fourth-order valence-corrected chi connectivity index (χ4v) is 1.76. The molecular formula is C13H18BrNO3. The van der Waals surface area contributed by atoms with Crippen molar-refractivity contribution in [3.05, 3.63) is 28.6 Å². The molecule has 0 aliphatic carbocycles. The maximum absolute atomic E-state index is 11.4. The van der Waals surface area contributed by atoms with Crippen molar-refractivity contribution in [2.24, 2.45) is 0 Å². The van der Waals surface area contributed by atoms with Crippen molar-refractivity contribution in [3.63, 3.8) is 0 Å². The number of aliphatic hydroxyl groups is 1. The highest BCUT2D eigenvalue weighted by Crippen LogP contribution is 2.14. The molecule has 0 bridgehead atoms. The summed E-state index contributed by atoms with van der Waals surface area (Å²) in [6.07, 6.45) is 6.89. The van der Waals surface area contributed by atoms with Crippen LogP contribution >= 0.6 is 15.9 Å². The van der Waals surface area contributed by atoms with Crippen molar-refractivity contribution in [1.29, 1.82) is 0 Å². The number of hydrogen-bond acceptors (Lipinski definition) is 3. The number of aliphatic hydroxyl groups excluding tert-OH is 1. The van der Waals surface area contributed by atoms with Gasteiger partial charge in [0.15, 0.2) is 4.67 Å². The first-order valence-corrected chi connectivity index (χ1v) is 6.84. The molecule has 0 saturated carbocycles. The Morgan fingerprint density at radius 3 is 2.78 bits per heavy atom. The van der Waals surface area contributed by atoms with E-state index in [2.05, 4.69) is 21.2 Å². The molecule has 0 spiro atoms. The first-order chi connectivity index (χ1) is 8.72. The second-order valence-electron chi connectivity index (χ2n) is 3.90. The SMILES string of the molecule is O=C(/C=C/c1ccc(Br)o1)NCCCCCCO. The molecule has 0 radical (unpaired) electrons. The van der Waals surface area contributed by atoms with E-state index in [-0.39, 0.29) is 12.5 Å². The number of rotatable bonds is 8. The Morgan fingerprint density at radius 1 is 1.33 bits per heavy atom. The lowest BCUT2D eigenvalue weighted by atomic mass is 10.2. The lowest BCUT2D eigenvalue weighted by Gasteiger charge is -2.01. The Labute approximate surface area is 115 Å². The number of unbranched alkanes of at least 4 members (excludes halogenated alkanes) is 3. The van der Waals surface area contributed by atoms with Gasteiger partial charge in [0, 0.05) is 19.2 Å². The Kier molecular flexibility index (Phi) is 7.44. The highest BCUT2D eigenvalue weighted by Gasteiger charge is 1.97. The summed E-state index contributed by atoms with van der Waals surface area (Å²) in [5.74, 6) is 0.518. The Bertz CT molecular complexity index is 387. The molecule has 100 valence electrons. The minimum absolute atomic E-state index is 0.121. The summed E-state index contributed by atoms with van der Waals surface area (Å²) >= 11 is 3.19. The average molecular weight is 316 g/mol. The minimum atomic E-state index is -0.121. The number of furan rings is 1. The molecule has 2 N–H and O–H groups in total. The molecule has 1 aromatic rings. The first kappa shape index (κ1) is 15.0. The standard InChI is InChI=1S/C13H18BrNO3/c14-12-7-5-11(18-12)6-8-13(17)15-9-3-1-2-4-10-16/h5-8,16H,1-4,9-10H2,(H,15,17)/b8-6+. The molecule has 0 atom stereocenters. The molecule has 0 saturated heterocycles. The summed E-state index contributed by atoms with van der Waals surface area (Å²) in [7, 11) is 0. The zero-order valence-corrected chi connectivity index (χ0v) is 11.8. The molecule has 1 heterocycles. The van der Waals surface area contributed by atoms with Crippen LogP contribution in [0.3, 0.4) is 0 Å². The van der Waals surface area contributed by atoms with Gasteiger partial charge < -0.3 is 14.8 Å². The molecule has 5 heteroatoms. The van der Waals surface area contributed by atoms with Crippen LogP contribution in [0.2, 0.25) is 0 Å². The topological polar surface area (TPSA) is 62.5 Å². The summed E-state index contributed by atoms with van der Waals surface area (Å²) in [6, 6.07) is 3.56. The zero-order valence-electron chi connectivity index (χ0n) is 10.2. The van der Waals surface area contributed by atoms with Gasteiger partial charge in [-0.05, 0) is 47.0 Å². The summed E-state index contributed by atoms with van der Waals surface area (Å²) in [5.41, 5.74) is 0. The van der Waals surface area contributed by atoms with Gasteiger partial charge in [-0.3, -0.25) is 4.79 Å². The van der Waals surface area contributed by atoms with Crippen LogP contribution in [0, 0.1) is 0 Å². The Morgan fingerprint density at radius 2 is 2.11 bits per heavy atom. The molecule has 0 aromatic carbocycles. The molecule has 0 fully saturated rings. The maximum Gasteiger partial charge on any atom is 0.244 e. The van der Waals surface area contributed by atoms with Crippen LogP contribution in [0.4, 0.5) is 0 Å². The summed E-state index contributed by atoms with van der Waals surface area (Å²) in [6.45, 7) is 0.907. The van der Waals surface area contributed by atoms with E-state index >= 15 is 0 Å². The Hall–Kier alpha value is -1.07. The van der Waals surface area contributed by atoms with Crippen molar-refractivity contribution >= 4 is 27.9 Å². The van der Waals surface area contributed by atoms with Crippen LogP contribution in [0.1, 0.15) is 31.4 Å². The van der Waals surface area contributed by atoms with Gasteiger partial charge in [0.25, 0.3) is 0 Å². The highest BCUT2D eigenvalue weighted by molar-refractivity contribution is 9.10. The van der Waals surface area contributed by atoms with Crippen LogP contribution in [-0.4, -0.2) is 24.2 Å². The van der Waals surface area contributed by atoms with Crippen molar-refractivity contribution < 1.29 is 14.3 Å². The normalized spacial score (nSPS) is 11.0. The van der Waals surface area contributed by atoms with Crippen LogP contribution in [0.15, 0.2) is 27.3 Å². The monoisotopic (exact) mass is 315 g/mol. The lowest BCUT2D eigenvalue weighted by Crippen LogP contribution is -2.21. The second-order valence-corrected chi connectivity index (χ2v) is 4.69.